The second-order valence-corrected chi connectivity index (χ2v) is 4.66. The molecule has 0 saturated carbocycles. The molecule has 0 aromatic rings. The van der Waals surface area contributed by atoms with Crippen molar-refractivity contribution in [3.05, 3.63) is 0 Å². The van der Waals surface area contributed by atoms with Crippen molar-refractivity contribution in [2.75, 3.05) is 33.8 Å². The predicted molar refractivity (Wildman–Crippen MR) is 72.3 cm³/mol. The summed E-state index contributed by atoms with van der Waals surface area (Å²) in [5, 5.41) is 0. The van der Waals surface area contributed by atoms with Gasteiger partial charge >= 0.3 is 0 Å². The second-order valence-electron chi connectivity index (χ2n) is 4.66. The maximum atomic E-state index is 12.2. The van der Waals surface area contributed by atoms with Crippen LogP contribution in [0.25, 0.3) is 0 Å². The van der Waals surface area contributed by atoms with Gasteiger partial charge in [-0.25, -0.2) is 0 Å². The van der Waals surface area contributed by atoms with Crippen LogP contribution in [0.2, 0.25) is 0 Å². The Balaban J connectivity index is 2.59. The van der Waals surface area contributed by atoms with Crippen molar-refractivity contribution in [3.63, 3.8) is 0 Å². The number of carbonyl (C=O) groups is 2. The highest BCUT2D eigenvalue weighted by atomic mass is 16.5. The molecule has 1 aliphatic rings. The molecule has 1 heterocycles. The van der Waals surface area contributed by atoms with Crippen LogP contribution in [0.1, 0.15) is 26.2 Å². The molecule has 0 spiro atoms. The zero-order valence-electron chi connectivity index (χ0n) is 11.9. The monoisotopic (exact) mass is 266 g/mol. The van der Waals surface area contributed by atoms with Gasteiger partial charge in [-0.2, -0.15) is 0 Å². The third-order valence-corrected chi connectivity index (χ3v) is 3.26. The molecule has 0 aliphatic carbocycles. The molecule has 5 heteroatoms. The molecule has 1 atom stereocenters. The lowest BCUT2D eigenvalue weighted by molar-refractivity contribution is -0.146. The van der Waals surface area contributed by atoms with Gasteiger partial charge in [0.2, 0.25) is 5.91 Å². The van der Waals surface area contributed by atoms with Crippen LogP contribution in [0.5, 0.6) is 0 Å². The van der Waals surface area contributed by atoms with Crippen LogP contribution in [0.3, 0.4) is 0 Å². The first-order valence-electron chi connectivity index (χ1n) is 6.55. The molecular weight excluding hydrogens is 244 g/mol. The smallest absolute Gasteiger partial charge is 0.252 e. The molecule has 0 bridgehead atoms. The van der Waals surface area contributed by atoms with Gasteiger partial charge in [-0.3, -0.25) is 9.59 Å². The lowest BCUT2D eigenvalue weighted by Crippen LogP contribution is -2.45. The third kappa shape index (κ3) is 4.56. The van der Waals surface area contributed by atoms with E-state index in [2.05, 4.69) is 11.8 Å². The molecule has 0 aromatic carbocycles. The van der Waals surface area contributed by atoms with Gasteiger partial charge in [-0.05, 0) is 26.2 Å². The summed E-state index contributed by atoms with van der Waals surface area (Å²) in [5.41, 5.74) is 0. The number of methoxy groups -OCH3 is 1. The van der Waals surface area contributed by atoms with E-state index in [1.165, 1.54) is 12.0 Å². The highest BCUT2D eigenvalue weighted by Gasteiger charge is 2.28. The molecule has 1 fully saturated rings. The van der Waals surface area contributed by atoms with E-state index in [4.69, 9.17) is 4.74 Å². The average molecular weight is 266 g/mol. The average Bonchev–Trinajstić information content (AvgIpc) is 2.58. The first kappa shape index (κ1) is 15.5. The first-order valence-corrected chi connectivity index (χ1v) is 6.55. The van der Waals surface area contributed by atoms with E-state index in [9.17, 15) is 9.59 Å². The van der Waals surface area contributed by atoms with Crippen LogP contribution < -0.4 is 0 Å². The molecule has 2 amide bonds. The summed E-state index contributed by atoms with van der Waals surface area (Å²) in [5.74, 6) is 5.41. The minimum Gasteiger partial charge on any atom is -0.372 e. The minimum absolute atomic E-state index is 0.0803. The van der Waals surface area contributed by atoms with Crippen LogP contribution in [0, 0.1) is 11.8 Å². The Labute approximate surface area is 114 Å². The zero-order chi connectivity index (χ0) is 14.3. The normalized spacial score (nSPS) is 19.4. The molecule has 5 nitrogen and oxygen atoms in total. The first-order chi connectivity index (χ1) is 9.10. The Hall–Kier alpha value is -1.54. The van der Waals surface area contributed by atoms with Gasteiger partial charge < -0.3 is 14.5 Å². The molecule has 1 saturated heterocycles. The Morgan fingerprint density at radius 1 is 1.53 bits per heavy atom. The van der Waals surface area contributed by atoms with Gasteiger partial charge in [0, 0.05) is 20.7 Å². The van der Waals surface area contributed by atoms with E-state index < -0.39 is 6.10 Å². The lowest BCUT2D eigenvalue weighted by Gasteiger charge is -2.25. The SMILES string of the molecule is CC#CCN(C)C(=O)CN1CCCCC(OC)C1=O. The number of hydrogen-bond donors (Lipinski definition) is 0. The summed E-state index contributed by atoms with van der Waals surface area (Å²) >= 11 is 0. The van der Waals surface area contributed by atoms with Gasteiger partial charge in [-0.15, -0.1) is 5.92 Å². The Morgan fingerprint density at radius 2 is 2.26 bits per heavy atom. The van der Waals surface area contributed by atoms with Crippen LogP contribution in [-0.2, 0) is 14.3 Å². The van der Waals surface area contributed by atoms with Crippen molar-refractivity contribution >= 4 is 11.8 Å². The summed E-state index contributed by atoms with van der Waals surface area (Å²) in [6.07, 6.45) is 2.19. The Morgan fingerprint density at radius 3 is 2.89 bits per heavy atom. The van der Waals surface area contributed by atoms with E-state index in [0.717, 1.165) is 19.3 Å². The van der Waals surface area contributed by atoms with Gasteiger partial charge in [0.15, 0.2) is 0 Å². The van der Waals surface area contributed by atoms with Crippen molar-refractivity contribution in [1.82, 2.24) is 9.80 Å². The number of rotatable bonds is 4. The Kier molecular flexibility index (Phi) is 6.37. The van der Waals surface area contributed by atoms with Crippen molar-refractivity contribution in [2.45, 2.75) is 32.3 Å². The fourth-order valence-corrected chi connectivity index (χ4v) is 2.02. The number of likely N-dealkylation sites (N-methyl/N-ethyl adjacent to an activating group) is 1. The Bertz CT molecular complexity index is 384. The van der Waals surface area contributed by atoms with Crippen LogP contribution in [-0.4, -0.2) is 61.5 Å². The van der Waals surface area contributed by atoms with Crippen molar-refractivity contribution < 1.29 is 14.3 Å². The van der Waals surface area contributed by atoms with Crippen LogP contribution >= 0.6 is 0 Å². The maximum Gasteiger partial charge on any atom is 0.252 e. The summed E-state index contributed by atoms with van der Waals surface area (Å²) in [7, 11) is 3.24. The number of nitrogens with zero attached hydrogens (tertiary/aromatic N) is 2. The highest BCUT2D eigenvalue weighted by Crippen LogP contribution is 2.14. The highest BCUT2D eigenvalue weighted by molar-refractivity contribution is 5.87. The van der Waals surface area contributed by atoms with Gasteiger partial charge in [0.1, 0.15) is 6.10 Å². The second kappa shape index (κ2) is 7.80. The molecule has 1 rings (SSSR count). The van der Waals surface area contributed by atoms with E-state index >= 15 is 0 Å². The zero-order valence-corrected chi connectivity index (χ0v) is 11.9. The number of ether oxygens (including phenoxy) is 1. The van der Waals surface area contributed by atoms with Crippen LogP contribution in [0.4, 0.5) is 0 Å². The van der Waals surface area contributed by atoms with E-state index in [0.29, 0.717) is 13.1 Å². The summed E-state index contributed by atoms with van der Waals surface area (Å²) in [6, 6.07) is 0. The summed E-state index contributed by atoms with van der Waals surface area (Å²) in [6.45, 7) is 2.86. The van der Waals surface area contributed by atoms with Crippen molar-refractivity contribution in [2.24, 2.45) is 0 Å². The summed E-state index contributed by atoms with van der Waals surface area (Å²) in [4.78, 5) is 27.3. The predicted octanol–water partition coefficient (Wildman–Crippen LogP) is 0.496. The molecular formula is C14H22N2O3. The van der Waals surface area contributed by atoms with E-state index in [1.54, 1.807) is 18.9 Å². The molecule has 0 N–H and O–H groups in total. The van der Waals surface area contributed by atoms with Gasteiger partial charge in [0.05, 0.1) is 13.1 Å². The fourth-order valence-electron chi connectivity index (χ4n) is 2.02. The number of likely N-dealkylation sites (tertiary alicyclic amines) is 1. The standard InChI is InChI=1S/C14H22N2O3/c1-4-5-9-15(2)13(17)11-16-10-7-6-8-12(19-3)14(16)18/h12H,6-11H2,1-3H3. The topological polar surface area (TPSA) is 49.9 Å². The number of hydrogen-bond acceptors (Lipinski definition) is 3. The third-order valence-electron chi connectivity index (χ3n) is 3.26. The minimum atomic E-state index is -0.406. The van der Waals surface area contributed by atoms with Gasteiger partial charge in [0.25, 0.3) is 5.91 Å². The molecule has 19 heavy (non-hydrogen) atoms. The molecule has 0 radical (unpaired) electrons. The number of carbonyl (C=O) groups excluding carboxylic acids is 2. The summed E-state index contributed by atoms with van der Waals surface area (Å²) < 4.78 is 5.18. The molecule has 106 valence electrons. The van der Waals surface area contributed by atoms with E-state index in [-0.39, 0.29) is 18.4 Å². The van der Waals surface area contributed by atoms with Crippen molar-refractivity contribution in [1.29, 1.82) is 0 Å². The van der Waals surface area contributed by atoms with Gasteiger partial charge in [-0.1, -0.05) is 5.92 Å². The molecule has 1 unspecified atom stereocenters. The largest absolute Gasteiger partial charge is 0.372 e. The maximum absolute atomic E-state index is 12.2. The van der Waals surface area contributed by atoms with Crippen LogP contribution in [0.15, 0.2) is 0 Å². The van der Waals surface area contributed by atoms with E-state index in [1.807, 2.05) is 0 Å². The lowest BCUT2D eigenvalue weighted by atomic mass is 10.2. The quantitative estimate of drug-likeness (QED) is 0.696. The number of amides is 2. The fraction of sp³-hybridized carbons (Fsp3) is 0.714. The van der Waals surface area contributed by atoms with Crippen molar-refractivity contribution in [3.8, 4) is 11.8 Å². The molecule has 1 aliphatic heterocycles. The molecule has 0 aromatic heterocycles.